The highest BCUT2D eigenvalue weighted by atomic mass is 16.8. The molecule has 4 N–H and O–H groups in total. The molecule has 2 heterocycles. The zero-order valence-electron chi connectivity index (χ0n) is 22.3. The average Bonchev–Trinajstić information content (AvgIpc) is 3.34. The second kappa shape index (κ2) is 12.4. The van der Waals surface area contributed by atoms with Crippen LogP contribution in [0.5, 0.6) is 5.75 Å². The molecular formula is C25H32BNO13. The van der Waals surface area contributed by atoms with Crippen molar-refractivity contribution in [3.05, 3.63) is 29.3 Å². The van der Waals surface area contributed by atoms with Gasteiger partial charge in [0.15, 0.2) is 0 Å². The fraction of sp³-hybridized carbons (Fsp3) is 0.520. The summed E-state index contributed by atoms with van der Waals surface area (Å²) in [6.45, 7) is 1.65. The fourth-order valence-electron chi connectivity index (χ4n) is 4.75. The number of para-hydroxylation sites is 1. The number of hydrogen-bond acceptors (Lipinski definition) is 11. The van der Waals surface area contributed by atoms with Crippen LogP contribution >= 0.6 is 0 Å². The smallest absolute Gasteiger partial charge is 0.564 e. The lowest BCUT2D eigenvalue weighted by Crippen LogP contribution is -2.82. The Morgan fingerprint density at radius 1 is 1.05 bits per heavy atom. The number of phenols is 1. The first-order valence-corrected chi connectivity index (χ1v) is 12.9. The van der Waals surface area contributed by atoms with E-state index in [0.717, 1.165) is 0 Å². The van der Waals surface area contributed by atoms with Gasteiger partial charge in [-0.25, -0.2) is 9.79 Å². The average molecular weight is 565 g/mol. The molecule has 15 heteroatoms. The van der Waals surface area contributed by atoms with Crippen molar-refractivity contribution >= 4 is 42.5 Å². The molecule has 0 bridgehead atoms. The minimum atomic E-state index is -3.09. The maximum Gasteiger partial charge on any atom is 0.564 e. The van der Waals surface area contributed by atoms with Crippen LogP contribution in [-0.4, -0.2) is 76.2 Å². The SMILES string of the molecule is CCC1=[NH+][C@@H](Cc2cccc(C(=O)OCOC(=O)C(CC)CC)c2O)[B-]2(OC(=O)C(CC(=O)O)(CC(=O)O)O2)O1. The number of hydrogen-bond donors (Lipinski definition) is 4. The second-order valence-electron chi connectivity index (χ2n) is 9.54. The van der Waals surface area contributed by atoms with Gasteiger partial charge in [0.25, 0.3) is 11.9 Å². The Morgan fingerprint density at radius 3 is 2.27 bits per heavy atom. The summed E-state index contributed by atoms with van der Waals surface area (Å²) in [7, 11) is 0. The number of carboxylic acid groups (broad SMARTS) is 2. The van der Waals surface area contributed by atoms with Crippen LogP contribution in [0.3, 0.4) is 0 Å². The summed E-state index contributed by atoms with van der Waals surface area (Å²) in [6, 6.07) is 4.24. The maximum atomic E-state index is 12.8. The summed E-state index contributed by atoms with van der Waals surface area (Å²) in [5, 5.41) is 29.5. The molecule has 14 nitrogen and oxygen atoms in total. The van der Waals surface area contributed by atoms with Crippen molar-refractivity contribution in [2.45, 2.75) is 70.8 Å². The van der Waals surface area contributed by atoms with Gasteiger partial charge in [-0.2, -0.15) is 0 Å². The van der Waals surface area contributed by atoms with Gasteiger partial charge in [-0.3, -0.25) is 19.2 Å². The molecule has 1 spiro atoms. The Kier molecular flexibility index (Phi) is 9.40. The van der Waals surface area contributed by atoms with Crippen LogP contribution in [0.1, 0.15) is 68.8 Å². The molecule has 0 amide bonds. The van der Waals surface area contributed by atoms with Crippen molar-refractivity contribution in [1.29, 1.82) is 0 Å². The molecule has 0 saturated carbocycles. The number of aromatic hydroxyl groups is 1. The first kappa shape index (κ1) is 30.4. The molecule has 3 rings (SSSR count). The normalized spacial score (nSPS) is 21.1. The van der Waals surface area contributed by atoms with Gasteiger partial charge in [-0.15, -0.1) is 0 Å². The van der Waals surface area contributed by atoms with E-state index in [1.807, 2.05) is 13.8 Å². The van der Waals surface area contributed by atoms with Crippen molar-refractivity contribution in [1.82, 2.24) is 0 Å². The molecule has 1 unspecified atom stereocenters. The molecule has 2 aliphatic rings. The molecule has 2 aliphatic heterocycles. The molecule has 0 radical (unpaired) electrons. The third-order valence-electron chi connectivity index (χ3n) is 6.86. The van der Waals surface area contributed by atoms with E-state index >= 15 is 0 Å². The molecule has 0 aromatic heterocycles. The number of phenolic OH excluding ortho intramolecular Hbond substituents is 1. The van der Waals surface area contributed by atoms with E-state index in [1.165, 1.54) is 18.2 Å². The molecule has 1 aromatic carbocycles. The van der Waals surface area contributed by atoms with Crippen LogP contribution in [0.4, 0.5) is 0 Å². The molecule has 1 aromatic rings. The maximum absolute atomic E-state index is 12.8. The summed E-state index contributed by atoms with van der Waals surface area (Å²) >= 11 is 0. The molecule has 1 saturated heterocycles. The Bertz CT molecular complexity index is 1200. The first-order valence-electron chi connectivity index (χ1n) is 12.9. The summed E-state index contributed by atoms with van der Waals surface area (Å²) in [4.78, 5) is 63.4. The Hall–Kier alpha value is -4.14. The van der Waals surface area contributed by atoms with Gasteiger partial charge in [0, 0.05) is 6.42 Å². The van der Waals surface area contributed by atoms with Crippen LogP contribution in [-0.2, 0) is 49.0 Å². The zero-order valence-corrected chi connectivity index (χ0v) is 22.3. The highest BCUT2D eigenvalue weighted by molar-refractivity contribution is 6.68. The van der Waals surface area contributed by atoms with Gasteiger partial charge >= 0.3 is 30.6 Å². The van der Waals surface area contributed by atoms with Crippen LogP contribution < -0.4 is 4.99 Å². The molecule has 40 heavy (non-hydrogen) atoms. The van der Waals surface area contributed by atoms with E-state index in [4.69, 9.17) is 23.4 Å². The minimum absolute atomic E-state index is 0.149. The molecule has 1 fully saturated rings. The van der Waals surface area contributed by atoms with Crippen LogP contribution in [0, 0.1) is 5.92 Å². The number of ether oxygens (including phenoxy) is 2. The molecule has 2 atom stereocenters. The van der Waals surface area contributed by atoms with Crippen LogP contribution in [0.25, 0.3) is 0 Å². The quantitative estimate of drug-likeness (QED) is 0.142. The second-order valence-corrected chi connectivity index (χ2v) is 9.54. The summed E-state index contributed by atoms with van der Waals surface area (Å²) in [6.07, 6.45) is -0.680. The van der Waals surface area contributed by atoms with E-state index in [1.54, 1.807) is 6.92 Å². The largest absolute Gasteiger partial charge is 0.627 e. The Labute approximate surface area is 229 Å². The predicted octanol–water partition coefficient (Wildman–Crippen LogP) is 0.0560. The van der Waals surface area contributed by atoms with Gasteiger partial charge in [0.1, 0.15) is 22.9 Å². The Balaban J connectivity index is 1.82. The number of benzene rings is 1. The van der Waals surface area contributed by atoms with Crippen molar-refractivity contribution in [3.8, 4) is 5.75 Å². The number of aliphatic carboxylic acids is 2. The molecule has 0 aliphatic carbocycles. The van der Waals surface area contributed by atoms with Crippen LogP contribution in [0.2, 0.25) is 0 Å². The van der Waals surface area contributed by atoms with E-state index < -0.39 is 73.5 Å². The van der Waals surface area contributed by atoms with Gasteiger partial charge in [-0.1, -0.05) is 32.9 Å². The summed E-state index contributed by atoms with van der Waals surface area (Å²) in [5.74, 6) is -7.22. The lowest BCUT2D eigenvalue weighted by Gasteiger charge is -2.32. The predicted molar refractivity (Wildman–Crippen MR) is 134 cm³/mol. The van der Waals surface area contributed by atoms with E-state index in [0.29, 0.717) is 19.3 Å². The van der Waals surface area contributed by atoms with E-state index in [-0.39, 0.29) is 29.4 Å². The van der Waals surface area contributed by atoms with E-state index in [9.17, 15) is 39.3 Å². The number of nitrogens with one attached hydrogen (secondary N) is 1. The first-order chi connectivity index (χ1) is 18.9. The monoisotopic (exact) mass is 565 g/mol. The highest BCUT2D eigenvalue weighted by Gasteiger charge is 2.65. The van der Waals surface area contributed by atoms with Crippen molar-refractivity contribution in [2.24, 2.45) is 5.92 Å². The summed E-state index contributed by atoms with van der Waals surface area (Å²) < 4.78 is 27.0. The summed E-state index contributed by atoms with van der Waals surface area (Å²) in [5.41, 5.74) is -2.39. The van der Waals surface area contributed by atoms with E-state index in [2.05, 4.69) is 4.99 Å². The minimum Gasteiger partial charge on any atom is -0.627 e. The van der Waals surface area contributed by atoms with Gasteiger partial charge in [0.05, 0.1) is 25.2 Å². The third-order valence-corrected chi connectivity index (χ3v) is 6.86. The van der Waals surface area contributed by atoms with Crippen molar-refractivity contribution < 1.29 is 67.7 Å². The van der Waals surface area contributed by atoms with Gasteiger partial charge < -0.3 is 38.8 Å². The number of rotatable bonds is 13. The number of carbonyl (C=O) groups excluding carboxylic acids is 3. The Morgan fingerprint density at radius 2 is 1.70 bits per heavy atom. The lowest BCUT2D eigenvalue weighted by molar-refractivity contribution is -0.481. The zero-order chi connectivity index (χ0) is 29.7. The van der Waals surface area contributed by atoms with Crippen molar-refractivity contribution in [3.63, 3.8) is 0 Å². The third kappa shape index (κ3) is 6.36. The molecular weight excluding hydrogens is 533 g/mol. The number of carboxylic acids is 2. The highest BCUT2D eigenvalue weighted by Crippen LogP contribution is 2.39. The standard InChI is InChI=1S/C25H31BNO13/c1-4-14(5-2)22(33)36-13-37-23(34)16-9-7-8-15(21(16)32)10-17-26(38-18(6-3)27-17)39-24(35)25(40-26,11-19(28)29)12-20(30)31/h7-9,14,17,32H,4-6,10-13H2,1-3H3,(H,28,29)(H,30,31)/q-1/p+1/t17-,26?/m0/s1. The topological polar surface area (TPSA) is 206 Å². The molecule has 218 valence electrons. The van der Waals surface area contributed by atoms with Crippen LogP contribution in [0.15, 0.2) is 18.2 Å². The number of carbonyl (C=O) groups is 5. The lowest BCUT2D eigenvalue weighted by atomic mass is 9.66. The van der Waals surface area contributed by atoms with Gasteiger partial charge in [-0.05, 0) is 24.5 Å². The van der Waals surface area contributed by atoms with Gasteiger partial charge in [0.2, 0.25) is 6.79 Å². The van der Waals surface area contributed by atoms with Crippen molar-refractivity contribution in [2.75, 3.05) is 6.79 Å². The number of esters is 2. The fourth-order valence-corrected chi connectivity index (χ4v) is 4.75.